The predicted octanol–water partition coefficient (Wildman–Crippen LogP) is 21.0. The Morgan fingerprint density at radius 3 is 0.444 bits per heavy atom. The molecular formula is C96H100O8P4. The molecule has 0 atom stereocenters. The number of hydrogen-bond acceptors (Lipinski definition) is 8. The van der Waals surface area contributed by atoms with Crippen LogP contribution >= 0.6 is 28.6 Å². The van der Waals surface area contributed by atoms with Crippen LogP contribution in [0.15, 0.2) is 291 Å². The molecule has 12 aromatic rings. The zero-order valence-electron chi connectivity index (χ0n) is 64.4. The van der Waals surface area contributed by atoms with Crippen molar-refractivity contribution in [2.45, 2.75) is 130 Å². The van der Waals surface area contributed by atoms with Crippen LogP contribution in [0.1, 0.15) is 150 Å². The predicted molar refractivity (Wildman–Crippen MR) is 453 cm³/mol. The van der Waals surface area contributed by atoms with Crippen LogP contribution in [0.3, 0.4) is 0 Å². The van der Waals surface area contributed by atoms with E-state index >= 15 is 18.3 Å². The van der Waals surface area contributed by atoms with Gasteiger partial charge in [-0.25, -0.2) is 0 Å². The molecule has 0 fully saturated rings. The van der Waals surface area contributed by atoms with Crippen molar-refractivity contribution in [3.05, 3.63) is 358 Å². The molecule has 552 valence electrons. The third-order valence-electron chi connectivity index (χ3n) is 20.9. The summed E-state index contributed by atoms with van der Waals surface area (Å²) < 4.78 is 97.1. The lowest BCUT2D eigenvalue weighted by Gasteiger charge is -2.30. The molecule has 0 radical (unpaired) electrons. The standard InChI is InChI=1S/C96H100O8P4/c1-93(2,3)77-57-69-53-71-59-78(94(4,5)6)61-73(90(71)102-66-106(98,83-41-25-15-26-42-83)84-43-27-16-28-44-84)55-75-63-80(96(10,11)12)64-76(92(75)104-68-108(100,87-49-33-19-34-50-87)88-51-35-20-36-52-88)56-74-62-79(95(7,8)9)60-72(91(74)103-67-107(99,85-45-29-17-30-46-85)86-47-31-18-32-48-86)54-70(58-77)89(69)101-65-105(97,81-37-21-13-22-38-81)82-39-23-14-24-40-82/h13-52,57-64H,53-56,65-68H2,1-12H3. The molecular weight excluding hydrogens is 1400 g/mol. The Morgan fingerprint density at radius 2 is 0.333 bits per heavy atom. The summed E-state index contributed by atoms with van der Waals surface area (Å²) in [5.74, 6) is 2.28. The van der Waals surface area contributed by atoms with Crippen molar-refractivity contribution in [2.75, 3.05) is 25.4 Å². The van der Waals surface area contributed by atoms with Crippen molar-refractivity contribution in [3.8, 4) is 23.0 Å². The maximum absolute atomic E-state index is 16.6. The lowest BCUT2D eigenvalue weighted by atomic mass is 9.79. The minimum atomic E-state index is -3.58. The molecule has 0 saturated heterocycles. The third kappa shape index (κ3) is 16.7. The van der Waals surface area contributed by atoms with Crippen LogP contribution in [0.5, 0.6) is 23.0 Å². The Kier molecular flexibility index (Phi) is 22.4. The molecule has 1 aliphatic carbocycles. The van der Waals surface area contributed by atoms with Crippen molar-refractivity contribution in [1.29, 1.82) is 0 Å². The van der Waals surface area contributed by atoms with Gasteiger partial charge in [0, 0.05) is 68.1 Å². The molecule has 8 bridgehead atoms. The second-order valence-corrected chi connectivity index (χ2v) is 44.0. The van der Waals surface area contributed by atoms with Crippen molar-refractivity contribution in [3.63, 3.8) is 0 Å². The lowest BCUT2D eigenvalue weighted by Crippen LogP contribution is -2.23. The van der Waals surface area contributed by atoms with Crippen molar-refractivity contribution >= 4 is 71.0 Å². The fraction of sp³-hybridized carbons (Fsp3) is 0.250. The Balaban J connectivity index is 1.14. The maximum Gasteiger partial charge on any atom is 0.178 e. The summed E-state index contributed by atoms with van der Waals surface area (Å²) in [6.45, 7) is 26.8. The van der Waals surface area contributed by atoms with E-state index in [4.69, 9.17) is 18.9 Å². The summed E-state index contributed by atoms with van der Waals surface area (Å²) >= 11 is 0. The van der Waals surface area contributed by atoms with Gasteiger partial charge in [-0.1, -0.05) is 374 Å². The summed E-state index contributed by atoms with van der Waals surface area (Å²) in [5, 5.41) is 5.36. The summed E-state index contributed by atoms with van der Waals surface area (Å²) in [6, 6.07) is 95.6. The number of ether oxygens (including phenoxy) is 4. The smallest absolute Gasteiger partial charge is 0.178 e. The lowest BCUT2D eigenvalue weighted by molar-refractivity contribution is 0.362. The van der Waals surface area contributed by atoms with E-state index < -0.39 is 50.2 Å². The second-order valence-electron chi connectivity index (χ2n) is 32.9. The number of benzene rings is 12. The topological polar surface area (TPSA) is 105 Å². The average molecular weight is 1510 g/mol. The van der Waals surface area contributed by atoms with Crippen LogP contribution < -0.4 is 61.4 Å². The quantitative estimate of drug-likeness (QED) is 0.0695. The molecule has 0 amide bonds. The molecule has 12 aromatic carbocycles. The maximum atomic E-state index is 16.6. The Hall–Kier alpha value is -9.24. The molecule has 8 nitrogen and oxygen atoms in total. The normalized spacial score (nSPS) is 13.1. The summed E-state index contributed by atoms with van der Waals surface area (Å²) in [7, 11) is -14.3. The average Bonchev–Trinajstić information content (AvgIpc) is 0.758. The van der Waals surface area contributed by atoms with E-state index in [9.17, 15) is 0 Å². The summed E-state index contributed by atoms with van der Waals surface area (Å²) in [6.07, 6.45) is 0.314. The van der Waals surface area contributed by atoms with Gasteiger partial charge in [-0.05, 0) is 88.4 Å². The van der Waals surface area contributed by atoms with E-state index in [0.717, 1.165) is 66.8 Å². The van der Waals surface area contributed by atoms with Crippen LogP contribution in [-0.2, 0) is 65.6 Å². The highest BCUT2D eigenvalue weighted by Crippen LogP contribution is 2.52. The van der Waals surface area contributed by atoms with Gasteiger partial charge in [0.05, 0.1) is 0 Å². The molecule has 108 heavy (non-hydrogen) atoms. The molecule has 0 saturated carbocycles. The molecule has 0 aromatic heterocycles. The first-order chi connectivity index (χ1) is 51.5. The van der Waals surface area contributed by atoms with Crippen molar-refractivity contribution in [1.82, 2.24) is 0 Å². The van der Waals surface area contributed by atoms with Crippen molar-refractivity contribution in [2.24, 2.45) is 0 Å². The van der Waals surface area contributed by atoms with Crippen LogP contribution in [0.25, 0.3) is 0 Å². The summed E-state index contributed by atoms with van der Waals surface area (Å²) in [5.41, 5.74) is 9.15. The van der Waals surface area contributed by atoms with Crippen LogP contribution in [-0.4, -0.2) is 25.4 Å². The SMILES string of the molecule is CC(C)(C)c1cc2c(OCP(=O)(c3ccccc3)c3ccccc3)c(c1)Cc1cc(C(C)(C)C)cc(c1OCP(=O)(c1ccccc1)c1ccccc1)Cc1cc(C(C)(C)C)cc(c1OCP(=O)(c1ccccc1)c1ccccc1)Cc1cc(C(C)(C)C)cc(c1OCP(=O)(c1ccccc1)c1ccccc1)C2. The van der Waals surface area contributed by atoms with E-state index in [2.05, 4.69) is 132 Å². The van der Waals surface area contributed by atoms with E-state index in [1.807, 2.05) is 243 Å². The van der Waals surface area contributed by atoms with E-state index in [0.29, 0.717) is 65.4 Å². The zero-order chi connectivity index (χ0) is 76.3. The first kappa shape index (κ1) is 76.9. The van der Waals surface area contributed by atoms with Gasteiger partial charge in [0.15, 0.2) is 28.6 Å². The molecule has 0 unspecified atom stereocenters. The van der Waals surface area contributed by atoms with Gasteiger partial charge in [0.2, 0.25) is 0 Å². The fourth-order valence-corrected chi connectivity index (χ4v) is 23.4. The van der Waals surface area contributed by atoms with E-state index in [1.54, 1.807) is 0 Å². The van der Waals surface area contributed by atoms with Gasteiger partial charge in [-0.3, -0.25) is 0 Å². The van der Waals surface area contributed by atoms with Gasteiger partial charge in [0.25, 0.3) is 0 Å². The van der Waals surface area contributed by atoms with Gasteiger partial charge in [-0.15, -0.1) is 0 Å². The Morgan fingerprint density at radius 1 is 0.213 bits per heavy atom. The molecule has 0 heterocycles. The number of hydrogen-bond donors (Lipinski definition) is 0. The minimum Gasteiger partial charge on any atom is -0.485 e. The zero-order valence-corrected chi connectivity index (χ0v) is 68.0. The first-order valence-corrected chi connectivity index (χ1v) is 45.1. The molecule has 0 spiro atoms. The Bertz CT molecular complexity index is 4410. The first-order valence-electron chi connectivity index (χ1n) is 37.5. The molecule has 1 aliphatic rings. The highest BCUT2D eigenvalue weighted by atomic mass is 31.2. The monoisotopic (exact) mass is 1500 g/mol. The molecule has 13 rings (SSSR count). The van der Waals surface area contributed by atoms with Crippen LogP contribution in [0.2, 0.25) is 0 Å². The van der Waals surface area contributed by atoms with Gasteiger partial charge in [0.1, 0.15) is 48.4 Å². The minimum absolute atomic E-state index is 0.174. The number of rotatable bonds is 20. The van der Waals surface area contributed by atoms with Crippen molar-refractivity contribution < 1.29 is 37.2 Å². The van der Waals surface area contributed by atoms with Gasteiger partial charge in [-0.2, -0.15) is 0 Å². The van der Waals surface area contributed by atoms with E-state index in [1.165, 1.54) is 0 Å². The molecule has 0 aliphatic heterocycles. The Labute approximate surface area is 640 Å². The highest BCUT2D eigenvalue weighted by Gasteiger charge is 2.37. The fourth-order valence-electron chi connectivity index (χ4n) is 14.5. The second kappa shape index (κ2) is 31.4. The van der Waals surface area contributed by atoms with Crippen LogP contribution in [0.4, 0.5) is 0 Å². The van der Waals surface area contributed by atoms with E-state index in [-0.39, 0.29) is 51.1 Å². The molecule has 12 heteroatoms. The van der Waals surface area contributed by atoms with Gasteiger partial charge >= 0.3 is 0 Å². The largest absolute Gasteiger partial charge is 0.485 e. The molecule has 0 N–H and O–H groups in total. The van der Waals surface area contributed by atoms with Gasteiger partial charge < -0.3 is 37.2 Å². The summed E-state index contributed by atoms with van der Waals surface area (Å²) in [4.78, 5) is 0. The third-order valence-corrected chi connectivity index (χ3v) is 31.9. The number of fused-ring (bicyclic) bond motifs is 8. The highest BCUT2D eigenvalue weighted by molar-refractivity contribution is 7.79. The van der Waals surface area contributed by atoms with Crippen LogP contribution in [0, 0.1) is 0 Å².